The minimum atomic E-state index is -0.258. The summed E-state index contributed by atoms with van der Waals surface area (Å²) in [4.78, 5) is 13.6. The first-order valence-corrected chi connectivity index (χ1v) is 5.72. The number of hydrogen-bond donors (Lipinski definition) is 1. The lowest BCUT2D eigenvalue weighted by atomic mass is 10.2. The zero-order valence-electron chi connectivity index (χ0n) is 10.8. The summed E-state index contributed by atoms with van der Waals surface area (Å²) in [5.74, 6) is -0.210. The van der Waals surface area contributed by atoms with Crippen LogP contribution in [0.2, 0.25) is 0 Å². The molecule has 0 saturated carbocycles. The molecule has 1 atom stereocenters. The Balaban J connectivity index is 4.16. The van der Waals surface area contributed by atoms with E-state index in [1.54, 1.807) is 7.11 Å². The lowest BCUT2D eigenvalue weighted by Crippen LogP contribution is -2.47. The van der Waals surface area contributed by atoms with Crippen LogP contribution in [0.4, 0.5) is 0 Å². The second-order valence-corrected chi connectivity index (χ2v) is 3.52. The van der Waals surface area contributed by atoms with E-state index < -0.39 is 0 Å². The van der Waals surface area contributed by atoms with Crippen molar-refractivity contribution in [2.75, 3.05) is 47.0 Å². The van der Waals surface area contributed by atoms with Crippen LogP contribution in [0.25, 0.3) is 0 Å². The monoisotopic (exact) mass is 232 g/mol. The number of hydrogen-bond acceptors (Lipinski definition) is 5. The molecule has 5 nitrogen and oxygen atoms in total. The number of rotatable bonds is 9. The molecule has 0 saturated heterocycles. The van der Waals surface area contributed by atoms with Gasteiger partial charge in [-0.15, -0.1) is 0 Å². The number of likely N-dealkylation sites (N-methyl/N-ethyl adjacent to an activating group) is 2. The van der Waals surface area contributed by atoms with Crippen molar-refractivity contribution in [1.82, 2.24) is 10.2 Å². The summed E-state index contributed by atoms with van der Waals surface area (Å²) in [6.07, 6.45) is 0. The van der Waals surface area contributed by atoms with E-state index in [4.69, 9.17) is 9.47 Å². The lowest BCUT2D eigenvalue weighted by Gasteiger charge is -2.25. The van der Waals surface area contributed by atoms with Gasteiger partial charge in [0, 0.05) is 20.2 Å². The van der Waals surface area contributed by atoms with Gasteiger partial charge < -0.3 is 14.8 Å². The molecular weight excluding hydrogens is 208 g/mol. The van der Waals surface area contributed by atoms with Crippen molar-refractivity contribution in [3.8, 4) is 0 Å². The Labute approximate surface area is 98.1 Å². The molecule has 5 heteroatoms. The number of nitrogens with one attached hydrogen (secondary N) is 1. The van der Waals surface area contributed by atoms with Gasteiger partial charge in [-0.1, -0.05) is 13.8 Å². The Kier molecular flexibility index (Phi) is 9.18. The van der Waals surface area contributed by atoms with Crippen LogP contribution in [0.5, 0.6) is 0 Å². The summed E-state index contributed by atoms with van der Waals surface area (Å²) >= 11 is 0. The van der Waals surface area contributed by atoms with Gasteiger partial charge in [-0.3, -0.25) is 9.69 Å². The van der Waals surface area contributed by atoms with Gasteiger partial charge in [0.15, 0.2) is 0 Å². The SMILES string of the molecule is CCNC(CN(CC)CCOC)C(=O)OC. The molecule has 96 valence electrons. The van der Waals surface area contributed by atoms with Crippen molar-refractivity contribution < 1.29 is 14.3 Å². The van der Waals surface area contributed by atoms with Crippen LogP contribution in [-0.4, -0.2) is 63.9 Å². The first-order chi connectivity index (χ1) is 7.69. The molecule has 0 aromatic heterocycles. The minimum absolute atomic E-state index is 0.210. The molecule has 0 aliphatic heterocycles. The summed E-state index contributed by atoms with van der Waals surface area (Å²) < 4.78 is 9.78. The quantitative estimate of drug-likeness (QED) is 0.572. The molecule has 0 rings (SSSR count). The van der Waals surface area contributed by atoms with Gasteiger partial charge in [0.25, 0.3) is 0 Å². The molecule has 0 aliphatic rings. The highest BCUT2D eigenvalue weighted by atomic mass is 16.5. The van der Waals surface area contributed by atoms with Crippen LogP contribution in [0.15, 0.2) is 0 Å². The Morgan fingerprint density at radius 3 is 2.50 bits per heavy atom. The third kappa shape index (κ3) is 6.05. The molecule has 1 N–H and O–H groups in total. The molecule has 0 radical (unpaired) electrons. The minimum Gasteiger partial charge on any atom is -0.468 e. The van der Waals surface area contributed by atoms with Crippen LogP contribution in [0.1, 0.15) is 13.8 Å². The molecule has 0 spiro atoms. The smallest absolute Gasteiger partial charge is 0.324 e. The average molecular weight is 232 g/mol. The molecular formula is C11H24N2O3. The normalized spacial score (nSPS) is 12.8. The van der Waals surface area contributed by atoms with E-state index in [-0.39, 0.29) is 12.0 Å². The summed E-state index contributed by atoms with van der Waals surface area (Å²) in [6, 6.07) is -0.258. The molecule has 1 unspecified atom stereocenters. The lowest BCUT2D eigenvalue weighted by molar-refractivity contribution is -0.143. The van der Waals surface area contributed by atoms with Gasteiger partial charge in [-0.2, -0.15) is 0 Å². The second kappa shape index (κ2) is 9.57. The van der Waals surface area contributed by atoms with E-state index in [2.05, 4.69) is 17.1 Å². The second-order valence-electron chi connectivity index (χ2n) is 3.52. The van der Waals surface area contributed by atoms with Crippen LogP contribution in [-0.2, 0) is 14.3 Å². The third-order valence-corrected chi connectivity index (χ3v) is 2.44. The van der Waals surface area contributed by atoms with Crippen molar-refractivity contribution in [2.45, 2.75) is 19.9 Å². The van der Waals surface area contributed by atoms with E-state index in [9.17, 15) is 4.79 Å². The Hall–Kier alpha value is -0.650. The van der Waals surface area contributed by atoms with Crippen molar-refractivity contribution in [1.29, 1.82) is 0 Å². The van der Waals surface area contributed by atoms with Gasteiger partial charge in [0.2, 0.25) is 0 Å². The molecule has 0 aliphatic carbocycles. The molecule has 0 aromatic rings. The number of esters is 1. The molecule has 16 heavy (non-hydrogen) atoms. The van der Waals surface area contributed by atoms with Crippen molar-refractivity contribution in [3.63, 3.8) is 0 Å². The third-order valence-electron chi connectivity index (χ3n) is 2.44. The first kappa shape index (κ1) is 15.3. The summed E-state index contributed by atoms with van der Waals surface area (Å²) in [7, 11) is 3.09. The van der Waals surface area contributed by atoms with E-state index in [0.29, 0.717) is 13.2 Å². The predicted molar refractivity (Wildman–Crippen MR) is 63.5 cm³/mol. The molecule has 0 heterocycles. The summed E-state index contributed by atoms with van der Waals surface area (Å²) in [5.41, 5.74) is 0. The maximum Gasteiger partial charge on any atom is 0.324 e. The van der Waals surface area contributed by atoms with Crippen LogP contribution in [0, 0.1) is 0 Å². The van der Waals surface area contributed by atoms with E-state index >= 15 is 0 Å². The highest BCUT2D eigenvalue weighted by Crippen LogP contribution is 1.95. The maximum absolute atomic E-state index is 11.5. The van der Waals surface area contributed by atoms with E-state index in [0.717, 1.165) is 19.6 Å². The number of nitrogens with zero attached hydrogens (tertiary/aromatic N) is 1. The first-order valence-electron chi connectivity index (χ1n) is 5.72. The van der Waals surface area contributed by atoms with E-state index in [1.807, 2.05) is 6.92 Å². The standard InChI is InChI=1S/C11H24N2O3/c1-5-12-10(11(14)16-4)9-13(6-2)7-8-15-3/h10,12H,5-9H2,1-4H3. The molecule has 0 aromatic carbocycles. The maximum atomic E-state index is 11.5. The number of carbonyl (C=O) groups is 1. The predicted octanol–water partition coefficient (Wildman–Crippen LogP) is 0.106. The Morgan fingerprint density at radius 1 is 1.38 bits per heavy atom. The zero-order chi connectivity index (χ0) is 12.4. The van der Waals surface area contributed by atoms with Gasteiger partial charge in [0.05, 0.1) is 13.7 Å². The van der Waals surface area contributed by atoms with Crippen molar-refractivity contribution >= 4 is 5.97 Å². The van der Waals surface area contributed by atoms with Gasteiger partial charge in [0.1, 0.15) is 6.04 Å². The van der Waals surface area contributed by atoms with Crippen molar-refractivity contribution in [3.05, 3.63) is 0 Å². The fourth-order valence-corrected chi connectivity index (χ4v) is 1.47. The van der Waals surface area contributed by atoms with Crippen LogP contribution < -0.4 is 5.32 Å². The molecule has 0 bridgehead atoms. The Morgan fingerprint density at radius 2 is 2.06 bits per heavy atom. The Bertz CT molecular complexity index is 188. The molecule has 0 fully saturated rings. The van der Waals surface area contributed by atoms with Gasteiger partial charge >= 0.3 is 5.97 Å². The fraction of sp³-hybridized carbons (Fsp3) is 0.909. The fourth-order valence-electron chi connectivity index (χ4n) is 1.47. The summed E-state index contributed by atoms with van der Waals surface area (Å²) in [5, 5.41) is 3.12. The van der Waals surface area contributed by atoms with E-state index in [1.165, 1.54) is 7.11 Å². The van der Waals surface area contributed by atoms with Crippen molar-refractivity contribution in [2.24, 2.45) is 0 Å². The molecule has 0 amide bonds. The van der Waals surface area contributed by atoms with Crippen LogP contribution in [0.3, 0.4) is 0 Å². The van der Waals surface area contributed by atoms with Gasteiger partial charge in [-0.25, -0.2) is 0 Å². The number of methoxy groups -OCH3 is 2. The topological polar surface area (TPSA) is 50.8 Å². The summed E-state index contributed by atoms with van der Waals surface area (Å²) in [6.45, 7) is 7.83. The average Bonchev–Trinajstić information content (AvgIpc) is 2.32. The van der Waals surface area contributed by atoms with Crippen LogP contribution >= 0.6 is 0 Å². The largest absolute Gasteiger partial charge is 0.468 e. The zero-order valence-corrected chi connectivity index (χ0v) is 10.8. The highest BCUT2D eigenvalue weighted by molar-refractivity contribution is 5.75. The number of carbonyl (C=O) groups excluding carboxylic acids is 1. The highest BCUT2D eigenvalue weighted by Gasteiger charge is 2.20. The van der Waals surface area contributed by atoms with Gasteiger partial charge in [-0.05, 0) is 13.1 Å². The number of ether oxygens (including phenoxy) is 2.